The van der Waals surface area contributed by atoms with Crippen molar-refractivity contribution in [3.63, 3.8) is 0 Å². The third-order valence-electron chi connectivity index (χ3n) is 2.92. The lowest BCUT2D eigenvalue weighted by Crippen LogP contribution is -2.46. The smallest absolute Gasteiger partial charge is 0.407 e. The Kier molecular flexibility index (Phi) is 3.14. The second-order valence-corrected chi connectivity index (χ2v) is 4.02. The van der Waals surface area contributed by atoms with E-state index in [1.54, 1.807) is 0 Å². The molecule has 1 amide bonds. The Hall–Kier alpha value is -0.770. The molecule has 1 heterocycles. The van der Waals surface area contributed by atoms with E-state index < -0.39 is 6.09 Å². The van der Waals surface area contributed by atoms with Gasteiger partial charge in [-0.05, 0) is 25.2 Å². The zero-order valence-electron chi connectivity index (χ0n) is 8.23. The molecule has 1 aliphatic rings. The fourth-order valence-electron chi connectivity index (χ4n) is 2.12. The van der Waals surface area contributed by atoms with E-state index in [9.17, 15) is 4.79 Å². The van der Waals surface area contributed by atoms with Crippen LogP contribution in [0.1, 0.15) is 20.3 Å². The molecule has 0 radical (unpaired) electrons. The fraction of sp³-hybridized carbons (Fsp3) is 0.889. The molecule has 1 fully saturated rings. The number of piperidine rings is 1. The number of nitrogens with two attached hydrogens (primary N) is 1. The standard InChI is InChI=1S/C9H18N2O2/c1-6-5-11(9(12)13)4-3-8(6)7(2)10/h6-8H,3-5,10H2,1-2H3,(H,12,13)/t6-,7+,8+/m1/s1. The minimum atomic E-state index is -0.810. The average molecular weight is 186 g/mol. The summed E-state index contributed by atoms with van der Waals surface area (Å²) in [7, 11) is 0. The summed E-state index contributed by atoms with van der Waals surface area (Å²) < 4.78 is 0. The van der Waals surface area contributed by atoms with Gasteiger partial charge in [-0.3, -0.25) is 0 Å². The predicted octanol–water partition coefficient (Wildman–Crippen LogP) is 0.970. The van der Waals surface area contributed by atoms with Gasteiger partial charge in [0.1, 0.15) is 0 Å². The number of rotatable bonds is 1. The summed E-state index contributed by atoms with van der Waals surface area (Å²) in [5.41, 5.74) is 5.81. The molecule has 0 unspecified atom stereocenters. The monoisotopic (exact) mass is 186 g/mol. The molecule has 0 aliphatic carbocycles. The number of hydrogen-bond donors (Lipinski definition) is 2. The van der Waals surface area contributed by atoms with Crippen molar-refractivity contribution >= 4 is 6.09 Å². The van der Waals surface area contributed by atoms with Crippen molar-refractivity contribution in [3.8, 4) is 0 Å². The van der Waals surface area contributed by atoms with Crippen LogP contribution in [-0.2, 0) is 0 Å². The lowest BCUT2D eigenvalue weighted by Gasteiger charge is -2.37. The quantitative estimate of drug-likeness (QED) is 0.641. The maximum atomic E-state index is 10.7. The normalized spacial score (nSPS) is 31.5. The second kappa shape index (κ2) is 3.96. The van der Waals surface area contributed by atoms with Crippen LogP contribution in [0.4, 0.5) is 4.79 Å². The first-order chi connectivity index (χ1) is 6.02. The van der Waals surface area contributed by atoms with Crippen LogP contribution in [0, 0.1) is 11.8 Å². The van der Waals surface area contributed by atoms with Gasteiger partial charge in [0.05, 0.1) is 0 Å². The van der Waals surface area contributed by atoms with Crippen LogP contribution in [0.2, 0.25) is 0 Å². The summed E-state index contributed by atoms with van der Waals surface area (Å²) in [4.78, 5) is 12.1. The van der Waals surface area contributed by atoms with E-state index in [-0.39, 0.29) is 6.04 Å². The van der Waals surface area contributed by atoms with Crippen molar-refractivity contribution < 1.29 is 9.90 Å². The van der Waals surface area contributed by atoms with Crippen LogP contribution in [0.3, 0.4) is 0 Å². The number of carboxylic acid groups (broad SMARTS) is 1. The van der Waals surface area contributed by atoms with Gasteiger partial charge in [-0.15, -0.1) is 0 Å². The molecule has 1 saturated heterocycles. The molecule has 3 N–H and O–H groups in total. The second-order valence-electron chi connectivity index (χ2n) is 4.02. The first kappa shape index (κ1) is 10.3. The maximum Gasteiger partial charge on any atom is 0.407 e. The zero-order valence-corrected chi connectivity index (χ0v) is 8.23. The van der Waals surface area contributed by atoms with Gasteiger partial charge >= 0.3 is 6.09 Å². The van der Waals surface area contributed by atoms with Gasteiger partial charge in [0, 0.05) is 19.1 Å². The molecule has 0 aromatic heterocycles. The molecule has 13 heavy (non-hydrogen) atoms. The Morgan fingerprint density at radius 3 is 2.69 bits per heavy atom. The summed E-state index contributed by atoms with van der Waals surface area (Å²) >= 11 is 0. The van der Waals surface area contributed by atoms with Crippen molar-refractivity contribution in [2.75, 3.05) is 13.1 Å². The third-order valence-corrected chi connectivity index (χ3v) is 2.92. The Labute approximate surface area is 78.7 Å². The number of nitrogens with zero attached hydrogens (tertiary/aromatic N) is 1. The van der Waals surface area contributed by atoms with Crippen LogP contribution < -0.4 is 5.73 Å². The van der Waals surface area contributed by atoms with Crippen molar-refractivity contribution in [3.05, 3.63) is 0 Å². The number of hydrogen-bond acceptors (Lipinski definition) is 2. The first-order valence-electron chi connectivity index (χ1n) is 4.75. The Balaban J connectivity index is 2.51. The molecular weight excluding hydrogens is 168 g/mol. The van der Waals surface area contributed by atoms with Crippen LogP contribution in [0.15, 0.2) is 0 Å². The summed E-state index contributed by atoms with van der Waals surface area (Å²) in [5, 5.41) is 8.78. The van der Waals surface area contributed by atoms with E-state index in [0.29, 0.717) is 24.9 Å². The molecule has 0 spiro atoms. The lowest BCUT2D eigenvalue weighted by atomic mass is 9.82. The Morgan fingerprint density at radius 1 is 1.69 bits per heavy atom. The zero-order chi connectivity index (χ0) is 10.0. The van der Waals surface area contributed by atoms with E-state index in [0.717, 1.165) is 6.42 Å². The molecule has 0 aromatic carbocycles. The molecule has 0 aromatic rings. The highest BCUT2D eigenvalue weighted by atomic mass is 16.4. The molecule has 3 atom stereocenters. The van der Waals surface area contributed by atoms with Crippen LogP contribution in [0.5, 0.6) is 0 Å². The van der Waals surface area contributed by atoms with Gasteiger partial charge < -0.3 is 15.7 Å². The minimum absolute atomic E-state index is 0.172. The van der Waals surface area contributed by atoms with E-state index in [1.165, 1.54) is 4.90 Å². The van der Waals surface area contributed by atoms with Gasteiger partial charge in [-0.1, -0.05) is 6.92 Å². The average Bonchev–Trinajstić information content (AvgIpc) is 2.03. The predicted molar refractivity (Wildman–Crippen MR) is 50.5 cm³/mol. The van der Waals surface area contributed by atoms with E-state index in [2.05, 4.69) is 6.92 Å². The van der Waals surface area contributed by atoms with Crippen molar-refractivity contribution in [2.24, 2.45) is 17.6 Å². The molecule has 4 heteroatoms. The van der Waals surface area contributed by atoms with Crippen LogP contribution >= 0.6 is 0 Å². The topological polar surface area (TPSA) is 66.6 Å². The number of carbonyl (C=O) groups is 1. The molecule has 4 nitrogen and oxygen atoms in total. The number of amides is 1. The molecule has 76 valence electrons. The van der Waals surface area contributed by atoms with Crippen LogP contribution in [-0.4, -0.2) is 35.2 Å². The van der Waals surface area contributed by atoms with E-state index in [1.807, 2.05) is 6.92 Å². The lowest BCUT2D eigenvalue weighted by molar-refractivity contribution is 0.0954. The van der Waals surface area contributed by atoms with E-state index in [4.69, 9.17) is 10.8 Å². The Morgan fingerprint density at radius 2 is 2.31 bits per heavy atom. The molecule has 0 saturated carbocycles. The van der Waals surface area contributed by atoms with E-state index >= 15 is 0 Å². The van der Waals surface area contributed by atoms with Crippen LogP contribution in [0.25, 0.3) is 0 Å². The minimum Gasteiger partial charge on any atom is -0.465 e. The largest absolute Gasteiger partial charge is 0.465 e. The van der Waals surface area contributed by atoms with Crippen molar-refractivity contribution in [1.29, 1.82) is 0 Å². The molecular formula is C9H18N2O2. The molecule has 1 aliphatic heterocycles. The Bertz CT molecular complexity index is 194. The highest BCUT2D eigenvalue weighted by molar-refractivity contribution is 5.65. The maximum absolute atomic E-state index is 10.7. The molecule has 1 rings (SSSR count). The third kappa shape index (κ3) is 2.34. The summed E-state index contributed by atoms with van der Waals surface area (Å²) in [6.07, 6.45) is 0.0838. The SMILES string of the molecule is C[C@H](N)[C@H]1CCN(C(=O)O)C[C@H]1C. The van der Waals surface area contributed by atoms with Crippen molar-refractivity contribution in [2.45, 2.75) is 26.3 Å². The highest BCUT2D eigenvalue weighted by Gasteiger charge is 2.30. The fourth-order valence-corrected chi connectivity index (χ4v) is 2.12. The summed E-state index contributed by atoms with van der Waals surface area (Å²) in [6, 6.07) is 0.172. The summed E-state index contributed by atoms with van der Waals surface area (Å²) in [5.74, 6) is 0.848. The van der Waals surface area contributed by atoms with Gasteiger partial charge in [0.2, 0.25) is 0 Å². The number of likely N-dealkylation sites (tertiary alicyclic amines) is 1. The van der Waals surface area contributed by atoms with Crippen molar-refractivity contribution in [1.82, 2.24) is 4.90 Å². The van der Waals surface area contributed by atoms with Gasteiger partial charge in [-0.25, -0.2) is 4.79 Å². The first-order valence-corrected chi connectivity index (χ1v) is 4.75. The van der Waals surface area contributed by atoms with Gasteiger partial charge in [0.15, 0.2) is 0 Å². The highest BCUT2D eigenvalue weighted by Crippen LogP contribution is 2.25. The molecule has 0 bridgehead atoms. The summed E-state index contributed by atoms with van der Waals surface area (Å²) in [6.45, 7) is 5.33. The van der Waals surface area contributed by atoms with Gasteiger partial charge in [-0.2, -0.15) is 0 Å². The van der Waals surface area contributed by atoms with Gasteiger partial charge in [0.25, 0.3) is 0 Å².